The van der Waals surface area contributed by atoms with Gasteiger partial charge in [0.1, 0.15) is 0 Å². The van der Waals surface area contributed by atoms with Crippen molar-refractivity contribution in [2.24, 2.45) is 5.92 Å². The van der Waals surface area contributed by atoms with Gasteiger partial charge in [0.05, 0.1) is 5.69 Å². The number of benzene rings is 1. The Bertz CT molecular complexity index is 406. The standard InChI is InChI=1S/C12H15ClN2O/c1-8(2)11-7-12(16)15(14-11)10-5-3-4-9(13)6-10/h3-6,8,11,14H,7H2,1-2H3. The van der Waals surface area contributed by atoms with E-state index in [9.17, 15) is 4.79 Å². The Morgan fingerprint density at radius 3 is 2.81 bits per heavy atom. The van der Waals surface area contributed by atoms with Gasteiger partial charge in [0, 0.05) is 17.5 Å². The Morgan fingerprint density at radius 2 is 2.25 bits per heavy atom. The quantitative estimate of drug-likeness (QED) is 0.859. The van der Waals surface area contributed by atoms with E-state index in [2.05, 4.69) is 19.3 Å². The van der Waals surface area contributed by atoms with Crippen LogP contribution in [0.3, 0.4) is 0 Å². The van der Waals surface area contributed by atoms with Crippen molar-refractivity contribution >= 4 is 23.2 Å². The Balaban J connectivity index is 2.20. The third kappa shape index (κ3) is 2.20. The molecular formula is C12H15ClN2O. The highest BCUT2D eigenvalue weighted by Gasteiger charge is 2.31. The van der Waals surface area contributed by atoms with Crippen LogP contribution in [0.4, 0.5) is 5.69 Å². The van der Waals surface area contributed by atoms with E-state index in [0.717, 1.165) is 5.69 Å². The highest BCUT2D eigenvalue weighted by molar-refractivity contribution is 6.30. The summed E-state index contributed by atoms with van der Waals surface area (Å²) in [6.07, 6.45) is 0.546. The predicted octanol–water partition coefficient (Wildman–Crippen LogP) is 2.61. The van der Waals surface area contributed by atoms with Crippen molar-refractivity contribution in [2.75, 3.05) is 5.01 Å². The van der Waals surface area contributed by atoms with Crippen molar-refractivity contribution in [3.05, 3.63) is 29.3 Å². The second kappa shape index (κ2) is 4.44. The molecule has 0 bridgehead atoms. The topological polar surface area (TPSA) is 32.3 Å². The van der Waals surface area contributed by atoms with E-state index in [4.69, 9.17) is 11.6 Å². The van der Waals surface area contributed by atoms with Crippen LogP contribution in [-0.4, -0.2) is 11.9 Å². The molecule has 1 amide bonds. The van der Waals surface area contributed by atoms with E-state index >= 15 is 0 Å². The fourth-order valence-electron chi connectivity index (χ4n) is 1.78. The van der Waals surface area contributed by atoms with Gasteiger partial charge in [-0.1, -0.05) is 31.5 Å². The van der Waals surface area contributed by atoms with Crippen LogP contribution >= 0.6 is 11.6 Å². The van der Waals surface area contributed by atoms with E-state index in [1.165, 1.54) is 0 Å². The molecule has 2 rings (SSSR count). The smallest absolute Gasteiger partial charge is 0.243 e. The van der Waals surface area contributed by atoms with Crippen LogP contribution in [0.25, 0.3) is 0 Å². The number of anilines is 1. The van der Waals surface area contributed by atoms with E-state index < -0.39 is 0 Å². The van der Waals surface area contributed by atoms with Crippen molar-refractivity contribution < 1.29 is 4.79 Å². The molecule has 0 spiro atoms. The lowest BCUT2D eigenvalue weighted by Gasteiger charge is -2.19. The van der Waals surface area contributed by atoms with E-state index in [1.54, 1.807) is 17.1 Å². The van der Waals surface area contributed by atoms with Gasteiger partial charge in [0.25, 0.3) is 0 Å². The number of carbonyl (C=O) groups excluding carboxylic acids is 1. The first-order valence-electron chi connectivity index (χ1n) is 5.42. The van der Waals surface area contributed by atoms with Crippen molar-refractivity contribution in [1.82, 2.24) is 5.43 Å². The molecule has 1 aromatic carbocycles. The van der Waals surface area contributed by atoms with Crippen LogP contribution in [0.2, 0.25) is 5.02 Å². The number of hydrogen-bond donors (Lipinski definition) is 1. The van der Waals surface area contributed by atoms with E-state index in [-0.39, 0.29) is 11.9 Å². The van der Waals surface area contributed by atoms with E-state index in [1.807, 2.05) is 12.1 Å². The Hall–Kier alpha value is -1.06. The van der Waals surface area contributed by atoms with Gasteiger partial charge in [-0.3, -0.25) is 4.79 Å². The first-order chi connectivity index (χ1) is 7.58. The number of nitrogens with one attached hydrogen (secondary N) is 1. The number of rotatable bonds is 2. The Labute approximate surface area is 100 Å². The molecule has 0 aromatic heterocycles. The monoisotopic (exact) mass is 238 g/mol. The molecule has 1 N–H and O–H groups in total. The summed E-state index contributed by atoms with van der Waals surface area (Å²) in [5.74, 6) is 0.536. The molecule has 1 aliphatic rings. The number of halogens is 1. The molecule has 1 unspecified atom stereocenters. The lowest BCUT2D eigenvalue weighted by molar-refractivity contribution is -0.117. The van der Waals surface area contributed by atoms with Crippen LogP contribution in [0, 0.1) is 5.92 Å². The average Bonchev–Trinajstić information content (AvgIpc) is 2.60. The van der Waals surface area contributed by atoms with Gasteiger partial charge >= 0.3 is 0 Å². The first kappa shape index (κ1) is 11.4. The fourth-order valence-corrected chi connectivity index (χ4v) is 1.97. The van der Waals surface area contributed by atoms with Crippen LogP contribution in [0.1, 0.15) is 20.3 Å². The second-order valence-corrected chi connectivity index (χ2v) is 4.83. The van der Waals surface area contributed by atoms with Gasteiger partial charge in [-0.2, -0.15) is 0 Å². The lowest BCUT2D eigenvalue weighted by Crippen LogP contribution is -2.39. The van der Waals surface area contributed by atoms with Gasteiger partial charge < -0.3 is 0 Å². The third-order valence-electron chi connectivity index (χ3n) is 2.81. The molecule has 0 radical (unpaired) electrons. The van der Waals surface area contributed by atoms with Crippen LogP contribution in [0.5, 0.6) is 0 Å². The molecule has 1 aromatic rings. The molecule has 1 saturated heterocycles. The number of hydrazine groups is 1. The van der Waals surface area contributed by atoms with Crippen molar-refractivity contribution in [3.8, 4) is 0 Å². The summed E-state index contributed by atoms with van der Waals surface area (Å²) in [5.41, 5.74) is 4.01. The van der Waals surface area contributed by atoms with Crippen LogP contribution in [-0.2, 0) is 4.79 Å². The third-order valence-corrected chi connectivity index (χ3v) is 3.05. The minimum Gasteiger partial charge on any atom is -0.273 e. The maximum atomic E-state index is 11.8. The highest BCUT2D eigenvalue weighted by atomic mass is 35.5. The lowest BCUT2D eigenvalue weighted by atomic mass is 10.0. The highest BCUT2D eigenvalue weighted by Crippen LogP contribution is 2.24. The molecule has 1 atom stereocenters. The molecule has 4 heteroatoms. The molecule has 1 aliphatic heterocycles. The zero-order chi connectivity index (χ0) is 11.7. The second-order valence-electron chi connectivity index (χ2n) is 4.39. The minimum atomic E-state index is 0.0981. The first-order valence-corrected chi connectivity index (χ1v) is 5.80. The maximum Gasteiger partial charge on any atom is 0.243 e. The molecule has 86 valence electrons. The molecule has 3 nitrogen and oxygen atoms in total. The summed E-state index contributed by atoms with van der Waals surface area (Å²) in [7, 11) is 0. The van der Waals surface area contributed by atoms with Gasteiger partial charge in [0.15, 0.2) is 0 Å². The molecule has 0 saturated carbocycles. The van der Waals surface area contributed by atoms with Gasteiger partial charge in [-0.05, 0) is 24.1 Å². The average molecular weight is 239 g/mol. The predicted molar refractivity (Wildman–Crippen MR) is 65.3 cm³/mol. The van der Waals surface area contributed by atoms with Gasteiger partial charge in [-0.15, -0.1) is 0 Å². The van der Waals surface area contributed by atoms with Gasteiger partial charge in [0.2, 0.25) is 5.91 Å². The number of carbonyl (C=O) groups is 1. The summed E-state index contributed by atoms with van der Waals surface area (Å²) in [5, 5.41) is 2.23. The Morgan fingerprint density at radius 1 is 1.50 bits per heavy atom. The Kier molecular flexibility index (Phi) is 3.17. The largest absolute Gasteiger partial charge is 0.273 e. The van der Waals surface area contributed by atoms with E-state index in [0.29, 0.717) is 17.4 Å². The van der Waals surface area contributed by atoms with Crippen molar-refractivity contribution in [3.63, 3.8) is 0 Å². The molecule has 1 fully saturated rings. The summed E-state index contributed by atoms with van der Waals surface area (Å²) < 4.78 is 0. The maximum absolute atomic E-state index is 11.8. The number of nitrogens with zero attached hydrogens (tertiary/aromatic N) is 1. The zero-order valence-electron chi connectivity index (χ0n) is 9.40. The summed E-state index contributed by atoms with van der Waals surface area (Å²) in [6, 6.07) is 7.52. The SMILES string of the molecule is CC(C)C1CC(=O)N(c2cccc(Cl)c2)N1. The van der Waals surface area contributed by atoms with Crippen molar-refractivity contribution in [1.29, 1.82) is 0 Å². The van der Waals surface area contributed by atoms with Crippen molar-refractivity contribution in [2.45, 2.75) is 26.3 Å². The zero-order valence-corrected chi connectivity index (χ0v) is 10.2. The van der Waals surface area contributed by atoms with Crippen LogP contribution < -0.4 is 10.4 Å². The fraction of sp³-hybridized carbons (Fsp3) is 0.417. The normalized spacial score (nSPS) is 20.9. The molecule has 1 heterocycles. The molecule has 16 heavy (non-hydrogen) atoms. The molecule has 0 aliphatic carbocycles. The summed E-state index contributed by atoms with van der Waals surface area (Å²) in [4.78, 5) is 11.8. The summed E-state index contributed by atoms with van der Waals surface area (Å²) in [6.45, 7) is 4.21. The van der Waals surface area contributed by atoms with Crippen LogP contribution in [0.15, 0.2) is 24.3 Å². The van der Waals surface area contributed by atoms with Gasteiger partial charge in [-0.25, -0.2) is 10.4 Å². The molecular weight excluding hydrogens is 224 g/mol. The number of amides is 1. The minimum absolute atomic E-state index is 0.0981. The number of hydrogen-bond acceptors (Lipinski definition) is 2. The summed E-state index contributed by atoms with van der Waals surface area (Å²) >= 11 is 5.90.